The van der Waals surface area contributed by atoms with Gasteiger partial charge >= 0.3 is 5.97 Å². The normalized spacial score (nSPS) is 18.6. The van der Waals surface area contributed by atoms with Gasteiger partial charge in [0.15, 0.2) is 0 Å². The zero-order chi connectivity index (χ0) is 16.2. The largest absolute Gasteiger partial charge is 0.480 e. The summed E-state index contributed by atoms with van der Waals surface area (Å²) in [5, 5.41) is 9.48. The Kier molecular flexibility index (Phi) is 5.13. The van der Waals surface area contributed by atoms with Gasteiger partial charge in [0.05, 0.1) is 6.20 Å². The third-order valence-corrected chi connectivity index (χ3v) is 3.61. The topological polar surface area (TPSA) is 69.6 Å². The molecule has 2 heterocycles. The van der Waals surface area contributed by atoms with Crippen molar-refractivity contribution >= 4 is 11.8 Å². The number of rotatable bonds is 4. The van der Waals surface area contributed by atoms with Crippen LogP contribution in [0.3, 0.4) is 0 Å². The molecule has 1 aromatic heterocycles. The molecule has 0 bridgehead atoms. The molecule has 22 heavy (non-hydrogen) atoms. The Morgan fingerprint density at radius 3 is 2.45 bits per heavy atom. The van der Waals surface area contributed by atoms with Gasteiger partial charge in [-0.15, -0.1) is 0 Å². The third kappa shape index (κ3) is 4.53. The number of piperazine rings is 1. The van der Waals surface area contributed by atoms with Gasteiger partial charge in [-0.25, -0.2) is 4.98 Å². The van der Waals surface area contributed by atoms with Crippen LogP contribution in [0.2, 0.25) is 0 Å². The van der Waals surface area contributed by atoms with Crippen molar-refractivity contribution in [2.24, 2.45) is 5.41 Å². The second-order valence-electron chi connectivity index (χ2n) is 6.59. The highest BCUT2D eigenvalue weighted by atomic mass is 16.4. The monoisotopic (exact) mass is 304 g/mol. The average molecular weight is 304 g/mol. The zero-order valence-electron chi connectivity index (χ0n) is 13.4. The molecule has 6 heteroatoms. The van der Waals surface area contributed by atoms with Gasteiger partial charge < -0.3 is 10.0 Å². The first-order valence-corrected chi connectivity index (χ1v) is 7.54. The number of aromatic nitrogens is 2. The smallest absolute Gasteiger partial charge is 0.324 e. The average Bonchev–Trinajstić information content (AvgIpc) is 2.47. The minimum absolute atomic E-state index is 0.0187. The summed E-state index contributed by atoms with van der Waals surface area (Å²) < 4.78 is 0. The molecule has 0 spiro atoms. The molecule has 0 radical (unpaired) electrons. The third-order valence-electron chi connectivity index (χ3n) is 3.61. The number of allylic oxidation sites excluding steroid dienone is 1. The first kappa shape index (κ1) is 16.4. The van der Waals surface area contributed by atoms with Gasteiger partial charge in [0.25, 0.3) is 0 Å². The van der Waals surface area contributed by atoms with Crippen LogP contribution in [0.15, 0.2) is 30.7 Å². The van der Waals surface area contributed by atoms with Crippen molar-refractivity contribution in [1.29, 1.82) is 0 Å². The van der Waals surface area contributed by atoms with Crippen molar-refractivity contribution in [3.05, 3.63) is 30.7 Å². The minimum Gasteiger partial charge on any atom is -0.480 e. The molecule has 6 nitrogen and oxygen atoms in total. The fourth-order valence-electron chi connectivity index (χ4n) is 2.42. The summed E-state index contributed by atoms with van der Waals surface area (Å²) in [6, 6.07) is -0.566. The molecule has 1 unspecified atom stereocenters. The van der Waals surface area contributed by atoms with Crippen molar-refractivity contribution in [2.45, 2.75) is 26.8 Å². The Hall–Kier alpha value is -1.95. The van der Waals surface area contributed by atoms with E-state index in [-0.39, 0.29) is 5.41 Å². The number of carboxylic acid groups (broad SMARTS) is 1. The predicted octanol–water partition coefficient (Wildman–Crippen LogP) is 1.65. The second-order valence-corrected chi connectivity index (χ2v) is 6.59. The first-order chi connectivity index (χ1) is 10.4. The van der Waals surface area contributed by atoms with Crippen molar-refractivity contribution in [2.75, 3.05) is 31.1 Å². The maximum atomic E-state index is 11.5. The molecule has 1 aliphatic heterocycles. The van der Waals surface area contributed by atoms with Gasteiger partial charge in [-0.2, -0.15) is 0 Å². The maximum Gasteiger partial charge on any atom is 0.324 e. The van der Waals surface area contributed by atoms with Gasteiger partial charge in [0.2, 0.25) is 0 Å². The van der Waals surface area contributed by atoms with E-state index in [2.05, 4.69) is 35.6 Å². The highest BCUT2D eigenvalue weighted by Crippen LogP contribution is 2.18. The molecule has 2 rings (SSSR count). The lowest BCUT2D eigenvalue weighted by Crippen LogP contribution is -2.52. The summed E-state index contributed by atoms with van der Waals surface area (Å²) in [7, 11) is 0. The highest BCUT2D eigenvalue weighted by Gasteiger charge is 2.27. The van der Waals surface area contributed by atoms with Gasteiger partial charge in [0.1, 0.15) is 11.9 Å². The highest BCUT2D eigenvalue weighted by molar-refractivity contribution is 5.76. The predicted molar refractivity (Wildman–Crippen MR) is 85.8 cm³/mol. The van der Waals surface area contributed by atoms with Crippen LogP contribution in [0.4, 0.5) is 5.82 Å². The molecule has 1 aromatic rings. The second kappa shape index (κ2) is 6.87. The Morgan fingerprint density at radius 2 is 1.95 bits per heavy atom. The summed E-state index contributed by atoms with van der Waals surface area (Å²) in [5.74, 6) is 0.0488. The molecule has 0 amide bonds. The number of hydrogen-bond donors (Lipinski definition) is 1. The van der Waals surface area contributed by atoms with E-state index in [0.29, 0.717) is 13.1 Å². The van der Waals surface area contributed by atoms with Gasteiger partial charge in [-0.1, -0.05) is 32.9 Å². The summed E-state index contributed by atoms with van der Waals surface area (Å²) in [5.41, 5.74) is -0.0187. The standard InChI is InChI=1S/C16H24N4O2/c1-16(2,3)5-4-13(15(21)22)19-8-10-20(11-9-19)14-12-17-6-7-18-14/h4-7,12-13H,8-11H2,1-3H3,(H,21,22)/b5-4+. The fourth-order valence-corrected chi connectivity index (χ4v) is 2.42. The van der Waals surface area contributed by atoms with E-state index >= 15 is 0 Å². The van der Waals surface area contributed by atoms with E-state index in [9.17, 15) is 9.90 Å². The zero-order valence-corrected chi connectivity index (χ0v) is 13.4. The summed E-state index contributed by atoms with van der Waals surface area (Å²) in [4.78, 5) is 24.0. The number of anilines is 1. The summed E-state index contributed by atoms with van der Waals surface area (Å²) >= 11 is 0. The molecule has 1 N–H and O–H groups in total. The molecule has 1 aliphatic rings. The van der Waals surface area contributed by atoms with Gasteiger partial charge in [0, 0.05) is 38.6 Å². The lowest BCUT2D eigenvalue weighted by molar-refractivity contribution is -0.141. The van der Waals surface area contributed by atoms with Crippen molar-refractivity contribution in [3.63, 3.8) is 0 Å². The Morgan fingerprint density at radius 1 is 1.27 bits per heavy atom. The molecular weight excluding hydrogens is 280 g/mol. The molecule has 0 saturated carbocycles. The number of aliphatic carboxylic acids is 1. The van der Waals surface area contributed by atoms with E-state index in [1.165, 1.54) is 0 Å². The first-order valence-electron chi connectivity index (χ1n) is 7.54. The molecule has 1 fully saturated rings. The van der Waals surface area contributed by atoms with Crippen LogP contribution in [-0.4, -0.2) is 58.2 Å². The molecule has 0 aliphatic carbocycles. The summed E-state index contributed by atoms with van der Waals surface area (Å²) in [6.07, 6.45) is 8.84. The van der Waals surface area contributed by atoms with E-state index < -0.39 is 12.0 Å². The number of carboxylic acids is 1. The summed E-state index contributed by atoms with van der Waals surface area (Å²) in [6.45, 7) is 9.10. The molecule has 1 atom stereocenters. The number of hydrogen-bond acceptors (Lipinski definition) is 5. The van der Waals surface area contributed by atoms with Gasteiger partial charge in [-0.05, 0) is 5.41 Å². The number of nitrogens with zero attached hydrogens (tertiary/aromatic N) is 4. The van der Waals surface area contributed by atoms with E-state index in [1.54, 1.807) is 24.7 Å². The van der Waals surface area contributed by atoms with E-state index in [4.69, 9.17) is 0 Å². The van der Waals surface area contributed by atoms with Crippen LogP contribution in [0.25, 0.3) is 0 Å². The molecule has 0 aromatic carbocycles. The van der Waals surface area contributed by atoms with Gasteiger partial charge in [-0.3, -0.25) is 14.7 Å². The van der Waals surface area contributed by atoms with Crippen LogP contribution in [0.5, 0.6) is 0 Å². The Labute approximate surface area is 131 Å². The lowest BCUT2D eigenvalue weighted by Gasteiger charge is -2.37. The van der Waals surface area contributed by atoms with Crippen LogP contribution in [0, 0.1) is 5.41 Å². The molecule has 1 saturated heterocycles. The van der Waals surface area contributed by atoms with Crippen LogP contribution >= 0.6 is 0 Å². The van der Waals surface area contributed by atoms with Crippen molar-refractivity contribution in [1.82, 2.24) is 14.9 Å². The number of carbonyl (C=O) groups is 1. The Balaban J connectivity index is 1.99. The minimum atomic E-state index is -0.798. The van der Waals surface area contributed by atoms with Crippen molar-refractivity contribution in [3.8, 4) is 0 Å². The Bertz CT molecular complexity index is 517. The SMILES string of the molecule is CC(C)(C)/C=C/C(C(=O)O)N1CCN(c2cnccn2)CC1. The van der Waals surface area contributed by atoms with E-state index in [1.807, 2.05) is 11.0 Å². The van der Waals surface area contributed by atoms with Crippen LogP contribution in [-0.2, 0) is 4.79 Å². The quantitative estimate of drug-likeness (QED) is 0.853. The van der Waals surface area contributed by atoms with Crippen LogP contribution in [0.1, 0.15) is 20.8 Å². The molecular formula is C16H24N4O2. The lowest BCUT2D eigenvalue weighted by atomic mass is 9.95. The van der Waals surface area contributed by atoms with Crippen LogP contribution < -0.4 is 4.90 Å². The fraction of sp³-hybridized carbons (Fsp3) is 0.562. The van der Waals surface area contributed by atoms with E-state index in [0.717, 1.165) is 18.9 Å². The molecule has 120 valence electrons. The van der Waals surface area contributed by atoms with Crippen molar-refractivity contribution < 1.29 is 9.90 Å². The maximum absolute atomic E-state index is 11.5.